The quantitative estimate of drug-likeness (QED) is 0.418. The summed E-state index contributed by atoms with van der Waals surface area (Å²) < 4.78 is 11.3. The van der Waals surface area contributed by atoms with E-state index in [1.165, 1.54) is 22.3 Å². The molecule has 0 saturated heterocycles. The molecule has 2 fully saturated rings. The standard InChI is InChI=1S/C31H36O4/c1-3-4-5-6-14-31(33)15-13-26-24-10-7-20-16-22(32)9-11-23(20)29(24)25(18-30(26,31)2)21-8-12-27-28(17-21)35-19-34-27/h8,12,16-17,24-26,33H,3-5,7,9-11,13,15,18-19H2,1-2H3/t24?,25-,26?,30?,31?/m1/s1. The van der Waals surface area contributed by atoms with Crippen LogP contribution in [0.3, 0.4) is 0 Å². The largest absolute Gasteiger partial charge is 0.454 e. The third kappa shape index (κ3) is 3.58. The van der Waals surface area contributed by atoms with Gasteiger partial charge in [-0.15, -0.1) is 5.92 Å². The van der Waals surface area contributed by atoms with Crippen LogP contribution in [0.5, 0.6) is 11.5 Å². The van der Waals surface area contributed by atoms with Crippen LogP contribution in [0.1, 0.15) is 89.5 Å². The van der Waals surface area contributed by atoms with E-state index < -0.39 is 5.60 Å². The number of ketones is 1. The molecule has 0 amide bonds. The van der Waals surface area contributed by atoms with Gasteiger partial charge in [-0.2, -0.15) is 0 Å². The molecule has 4 heteroatoms. The number of rotatable bonds is 3. The lowest BCUT2D eigenvalue weighted by molar-refractivity contribution is -0.114. The van der Waals surface area contributed by atoms with Gasteiger partial charge in [0.25, 0.3) is 0 Å². The Labute approximate surface area is 208 Å². The molecule has 1 N–H and O–H groups in total. The van der Waals surface area contributed by atoms with Crippen molar-refractivity contribution in [3.63, 3.8) is 0 Å². The maximum Gasteiger partial charge on any atom is 0.231 e. The number of fused-ring (bicyclic) bond motifs is 5. The van der Waals surface area contributed by atoms with E-state index >= 15 is 0 Å². The first-order valence-electron chi connectivity index (χ1n) is 13.5. The van der Waals surface area contributed by atoms with Gasteiger partial charge < -0.3 is 14.6 Å². The summed E-state index contributed by atoms with van der Waals surface area (Å²) in [5, 5.41) is 12.0. The summed E-state index contributed by atoms with van der Waals surface area (Å²) >= 11 is 0. The highest BCUT2D eigenvalue weighted by Crippen LogP contribution is 2.66. The second-order valence-corrected chi connectivity index (χ2v) is 11.4. The average molecular weight is 473 g/mol. The molecule has 5 aliphatic rings. The lowest BCUT2D eigenvalue weighted by Crippen LogP contribution is -2.51. The predicted octanol–water partition coefficient (Wildman–Crippen LogP) is 6.24. The van der Waals surface area contributed by atoms with E-state index in [-0.39, 0.29) is 23.9 Å². The highest BCUT2D eigenvalue weighted by Gasteiger charge is 2.62. The SMILES string of the molecule is CCCCC#CC1(O)CCC2C3CCC4=CC(=O)CCC4=C3[C@@H](c3ccc4c(c3)OCO4)CC21C. The normalized spacial score (nSPS) is 35.0. The van der Waals surface area contributed by atoms with E-state index in [9.17, 15) is 9.90 Å². The van der Waals surface area contributed by atoms with Crippen LogP contribution in [0.25, 0.3) is 0 Å². The Kier molecular flexibility index (Phi) is 5.60. The number of allylic oxidation sites excluding steroid dienone is 4. The summed E-state index contributed by atoms with van der Waals surface area (Å²) in [6.07, 6.45) is 11.1. The molecule has 1 aromatic rings. The Morgan fingerprint density at radius 2 is 2.00 bits per heavy atom. The first-order valence-corrected chi connectivity index (χ1v) is 13.5. The summed E-state index contributed by atoms with van der Waals surface area (Å²) in [7, 11) is 0. The van der Waals surface area contributed by atoms with Crippen molar-refractivity contribution >= 4 is 5.78 Å². The molecule has 0 radical (unpaired) electrons. The van der Waals surface area contributed by atoms with Crippen LogP contribution in [0.15, 0.2) is 41.0 Å². The molecule has 1 aromatic carbocycles. The van der Waals surface area contributed by atoms with Crippen molar-refractivity contribution in [1.29, 1.82) is 0 Å². The van der Waals surface area contributed by atoms with Crippen LogP contribution in [0.4, 0.5) is 0 Å². The monoisotopic (exact) mass is 472 g/mol. The Hall–Kier alpha value is -2.51. The average Bonchev–Trinajstić information content (AvgIpc) is 3.43. The molecule has 4 nitrogen and oxygen atoms in total. The van der Waals surface area contributed by atoms with Crippen molar-refractivity contribution in [2.24, 2.45) is 17.3 Å². The number of carbonyl (C=O) groups is 1. The zero-order valence-electron chi connectivity index (χ0n) is 21.0. The summed E-state index contributed by atoms with van der Waals surface area (Å²) in [4.78, 5) is 12.2. The molecular formula is C31H36O4. The fourth-order valence-electron chi connectivity index (χ4n) is 7.77. The zero-order valence-corrected chi connectivity index (χ0v) is 21.0. The van der Waals surface area contributed by atoms with Crippen LogP contribution in [0.2, 0.25) is 0 Å². The number of benzene rings is 1. The van der Waals surface area contributed by atoms with Crippen LogP contribution in [0, 0.1) is 29.1 Å². The molecule has 0 aromatic heterocycles. The highest BCUT2D eigenvalue weighted by atomic mass is 16.7. The van der Waals surface area contributed by atoms with Crippen molar-refractivity contribution in [2.75, 3.05) is 6.79 Å². The second kappa shape index (κ2) is 8.56. The number of unbranched alkanes of at least 4 members (excludes halogenated alkanes) is 2. The van der Waals surface area contributed by atoms with Gasteiger partial charge in [-0.1, -0.05) is 37.8 Å². The van der Waals surface area contributed by atoms with E-state index in [4.69, 9.17) is 9.47 Å². The minimum atomic E-state index is -0.950. The van der Waals surface area contributed by atoms with E-state index in [0.29, 0.717) is 18.3 Å². The minimum absolute atomic E-state index is 0.185. The third-order valence-corrected chi connectivity index (χ3v) is 9.64. The van der Waals surface area contributed by atoms with Crippen molar-refractivity contribution in [3.05, 3.63) is 46.6 Å². The predicted molar refractivity (Wildman–Crippen MR) is 135 cm³/mol. The number of aliphatic hydroxyl groups is 1. The first kappa shape index (κ1) is 22.9. The van der Waals surface area contributed by atoms with Crippen LogP contribution >= 0.6 is 0 Å². The Morgan fingerprint density at radius 1 is 1.14 bits per heavy atom. The maximum absolute atomic E-state index is 12.2. The van der Waals surface area contributed by atoms with Crippen molar-refractivity contribution < 1.29 is 19.4 Å². The number of hydrogen-bond donors (Lipinski definition) is 1. The summed E-state index contributed by atoms with van der Waals surface area (Å²) in [5.74, 6) is 9.64. The molecule has 0 bridgehead atoms. The van der Waals surface area contributed by atoms with E-state index in [0.717, 1.165) is 69.3 Å². The van der Waals surface area contributed by atoms with Gasteiger partial charge in [-0.05, 0) is 91.7 Å². The van der Waals surface area contributed by atoms with E-state index in [1.54, 1.807) is 0 Å². The van der Waals surface area contributed by atoms with E-state index in [1.807, 2.05) is 12.1 Å². The topological polar surface area (TPSA) is 55.8 Å². The van der Waals surface area contributed by atoms with Gasteiger partial charge in [0.1, 0.15) is 5.60 Å². The van der Waals surface area contributed by atoms with Gasteiger partial charge in [0, 0.05) is 24.2 Å². The molecule has 184 valence electrons. The van der Waals surface area contributed by atoms with Gasteiger partial charge in [0.05, 0.1) is 0 Å². The van der Waals surface area contributed by atoms with Crippen molar-refractivity contribution in [3.8, 4) is 23.3 Å². The highest BCUT2D eigenvalue weighted by molar-refractivity contribution is 5.93. The smallest absolute Gasteiger partial charge is 0.231 e. The second-order valence-electron chi connectivity index (χ2n) is 11.4. The summed E-state index contributed by atoms with van der Waals surface area (Å²) in [6, 6.07) is 6.36. The first-order chi connectivity index (χ1) is 16.9. The van der Waals surface area contributed by atoms with Gasteiger partial charge in [0.15, 0.2) is 17.3 Å². The van der Waals surface area contributed by atoms with Gasteiger partial charge in [-0.3, -0.25) is 4.79 Å². The molecule has 0 spiro atoms. The van der Waals surface area contributed by atoms with Crippen molar-refractivity contribution in [2.45, 2.75) is 89.6 Å². The molecule has 4 aliphatic carbocycles. The van der Waals surface area contributed by atoms with Crippen molar-refractivity contribution in [1.82, 2.24) is 0 Å². The molecular weight excluding hydrogens is 436 g/mol. The fourth-order valence-corrected chi connectivity index (χ4v) is 7.77. The minimum Gasteiger partial charge on any atom is -0.454 e. The summed E-state index contributed by atoms with van der Waals surface area (Å²) in [6.45, 7) is 4.75. The maximum atomic E-state index is 12.2. The van der Waals surface area contributed by atoms with E-state index in [2.05, 4.69) is 37.8 Å². The zero-order chi connectivity index (χ0) is 24.2. The number of carbonyl (C=O) groups excluding carboxylic acids is 1. The number of hydrogen-bond acceptors (Lipinski definition) is 4. The third-order valence-electron chi connectivity index (χ3n) is 9.64. The van der Waals surface area contributed by atoms with Crippen LogP contribution in [-0.4, -0.2) is 23.3 Å². The lowest BCUT2D eigenvalue weighted by atomic mass is 9.51. The molecule has 1 heterocycles. The lowest BCUT2D eigenvalue weighted by Gasteiger charge is -2.53. The number of ether oxygens (including phenoxy) is 2. The molecule has 4 unspecified atom stereocenters. The van der Waals surface area contributed by atoms with Gasteiger partial charge in [0.2, 0.25) is 6.79 Å². The summed E-state index contributed by atoms with van der Waals surface area (Å²) in [5.41, 5.74) is 4.22. The van der Waals surface area contributed by atoms with Gasteiger partial charge >= 0.3 is 0 Å². The Balaban J connectivity index is 1.47. The van der Waals surface area contributed by atoms with Crippen LogP contribution in [-0.2, 0) is 4.79 Å². The molecule has 6 rings (SSSR count). The molecule has 5 atom stereocenters. The molecule has 2 saturated carbocycles. The Bertz CT molecular complexity index is 1180. The Morgan fingerprint density at radius 3 is 2.86 bits per heavy atom. The fraction of sp³-hybridized carbons (Fsp3) is 0.581. The molecule has 1 aliphatic heterocycles. The van der Waals surface area contributed by atoms with Gasteiger partial charge in [-0.25, -0.2) is 0 Å². The molecule has 35 heavy (non-hydrogen) atoms. The van der Waals surface area contributed by atoms with Crippen LogP contribution < -0.4 is 9.47 Å².